The summed E-state index contributed by atoms with van der Waals surface area (Å²) in [7, 11) is 0. The highest BCUT2D eigenvalue weighted by Gasteiger charge is 2.13. The number of tetrazole rings is 1. The van der Waals surface area contributed by atoms with E-state index in [1.54, 1.807) is 0 Å². The number of anilines is 1. The molecule has 1 rings (SSSR count). The second kappa shape index (κ2) is 5.90. The van der Waals surface area contributed by atoms with Gasteiger partial charge in [0, 0.05) is 6.42 Å². The number of hydrogen-bond acceptors (Lipinski definition) is 5. The Bertz CT molecular complexity index is 318. The third-order valence-corrected chi connectivity index (χ3v) is 1.25. The summed E-state index contributed by atoms with van der Waals surface area (Å²) < 4.78 is 0. The molecule has 0 fully saturated rings. The summed E-state index contributed by atoms with van der Waals surface area (Å²) in [5, 5.41) is 14.8. The molecular formula is C6H9ClN6O. The van der Waals surface area contributed by atoms with Crippen molar-refractivity contribution in [1.29, 1.82) is 0 Å². The Kier molecular flexibility index (Phi) is 5.21. The number of terminal acetylenes is 1. The van der Waals surface area contributed by atoms with Gasteiger partial charge in [0.2, 0.25) is 5.91 Å². The van der Waals surface area contributed by atoms with E-state index in [0.717, 1.165) is 0 Å². The molecule has 0 aliphatic carbocycles. The van der Waals surface area contributed by atoms with Gasteiger partial charge in [0.15, 0.2) is 0 Å². The fraction of sp³-hybridized carbons (Fsp3) is 0.333. The van der Waals surface area contributed by atoms with Crippen LogP contribution in [-0.2, 0) is 4.79 Å². The van der Waals surface area contributed by atoms with E-state index >= 15 is 0 Å². The Morgan fingerprint density at radius 3 is 3.00 bits per heavy atom. The van der Waals surface area contributed by atoms with Crippen molar-refractivity contribution in [3.63, 3.8) is 0 Å². The van der Waals surface area contributed by atoms with Crippen LogP contribution in [-0.4, -0.2) is 32.6 Å². The van der Waals surface area contributed by atoms with Crippen molar-refractivity contribution in [2.45, 2.75) is 12.5 Å². The average Bonchev–Trinajstić information content (AvgIpc) is 2.57. The van der Waals surface area contributed by atoms with Crippen LogP contribution in [0.5, 0.6) is 0 Å². The van der Waals surface area contributed by atoms with Crippen LogP contribution in [0.4, 0.5) is 5.95 Å². The molecule has 0 aromatic carbocycles. The van der Waals surface area contributed by atoms with Crippen molar-refractivity contribution in [2.24, 2.45) is 5.73 Å². The second-order valence-electron chi connectivity index (χ2n) is 2.24. The summed E-state index contributed by atoms with van der Waals surface area (Å²) in [6.07, 6.45) is 5.15. The molecule has 76 valence electrons. The van der Waals surface area contributed by atoms with Crippen molar-refractivity contribution >= 4 is 24.3 Å². The van der Waals surface area contributed by atoms with Crippen LogP contribution in [0, 0.1) is 12.3 Å². The number of amides is 1. The van der Waals surface area contributed by atoms with Crippen LogP contribution in [0.2, 0.25) is 0 Å². The normalized spacial score (nSPS) is 10.9. The fourth-order valence-corrected chi connectivity index (χ4v) is 0.637. The van der Waals surface area contributed by atoms with Gasteiger partial charge in [0.25, 0.3) is 5.95 Å². The maximum Gasteiger partial charge on any atom is 0.269 e. The molecule has 0 spiro atoms. The zero-order chi connectivity index (χ0) is 9.68. The molecule has 0 radical (unpaired) electrons. The molecule has 1 aromatic rings. The Balaban J connectivity index is 0.00000169. The van der Waals surface area contributed by atoms with Gasteiger partial charge in [-0.2, -0.15) is 5.21 Å². The first kappa shape index (κ1) is 12.3. The van der Waals surface area contributed by atoms with E-state index in [2.05, 4.69) is 31.9 Å². The Morgan fingerprint density at radius 2 is 2.50 bits per heavy atom. The number of aromatic nitrogens is 4. The minimum absolute atomic E-state index is 0. The first-order valence-corrected chi connectivity index (χ1v) is 3.47. The van der Waals surface area contributed by atoms with E-state index in [1.807, 2.05) is 0 Å². The number of halogens is 1. The summed E-state index contributed by atoms with van der Waals surface area (Å²) >= 11 is 0. The molecule has 1 heterocycles. The van der Waals surface area contributed by atoms with E-state index in [-0.39, 0.29) is 24.8 Å². The zero-order valence-corrected chi connectivity index (χ0v) is 7.91. The average molecular weight is 217 g/mol. The molecule has 0 bridgehead atoms. The smallest absolute Gasteiger partial charge is 0.269 e. The molecule has 1 aromatic heterocycles. The molecule has 0 saturated heterocycles. The minimum Gasteiger partial charge on any atom is -0.319 e. The van der Waals surface area contributed by atoms with Gasteiger partial charge in [-0.05, 0) is 5.21 Å². The minimum atomic E-state index is -0.747. The van der Waals surface area contributed by atoms with Crippen molar-refractivity contribution in [1.82, 2.24) is 20.6 Å². The van der Waals surface area contributed by atoms with Crippen molar-refractivity contribution in [3.8, 4) is 12.3 Å². The fourth-order valence-electron chi connectivity index (χ4n) is 0.637. The summed E-state index contributed by atoms with van der Waals surface area (Å²) in [5.74, 6) is 1.93. The number of carbonyl (C=O) groups is 1. The van der Waals surface area contributed by atoms with Crippen molar-refractivity contribution < 1.29 is 4.79 Å². The Morgan fingerprint density at radius 1 is 1.79 bits per heavy atom. The van der Waals surface area contributed by atoms with E-state index in [9.17, 15) is 4.79 Å². The molecule has 4 N–H and O–H groups in total. The van der Waals surface area contributed by atoms with Crippen LogP contribution >= 0.6 is 12.4 Å². The zero-order valence-electron chi connectivity index (χ0n) is 7.10. The highest BCUT2D eigenvalue weighted by molar-refractivity contribution is 5.93. The predicted octanol–water partition coefficient (Wildman–Crippen LogP) is -1.09. The third-order valence-electron chi connectivity index (χ3n) is 1.25. The van der Waals surface area contributed by atoms with Crippen LogP contribution in [0.3, 0.4) is 0 Å². The molecule has 7 nitrogen and oxygen atoms in total. The molecule has 8 heteroatoms. The first-order chi connectivity index (χ1) is 6.24. The summed E-state index contributed by atoms with van der Waals surface area (Å²) in [4.78, 5) is 11.1. The molecule has 0 aliphatic heterocycles. The lowest BCUT2D eigenvalue weighted by molar-refractivity contribution is -0.117. The molecule has 0 aliphatic rings. The lowest BCUT2D eigenvalue weighted by Crippen LogP contribution is -2.35. The van der Waals surface area contributed by atoms with Gasteiger partial charge >= 0.3 is 0 Å². The Hall–Kier alpha value is -1.65. The monoisotopic (exact) mass is 216 g/mol. The summed E-state index contributed by atoms with van der Waals surface area (Å²) in [6, 6.07) is -0.747. The molecule has 0 unspecified atom stereocenters. The van der Waals surface area contributed by atoms with E-state index in [1.165, 1.54) is 0 Å². The topological polar surface area (TPSA) is 110 Å². The summed E-state index contributed by atoms with van der Waals surface area (Å²) in [6.45, 7) is 0. The number of nitrogens with two attached hydrogens (primary N) is 1. The van der Waals surface area contributed by atoms with Crippen LogP contribution in [0.15, 0.2) is 0 Å². The first-order valence-electron chi connectivity index (χ1n) is 3.47. The number of aromatic amines is 1. The van der Waals surface area contributed by atoms with E-state index in [0.29, 0.717) is 0 Å². The van der Waals surface area contributed by atoms with Crippen LogP contribution in [0.25, 0.3) is 0 Å². The number of hydrogen-bond donors (Lipinski definition) is 3. The number of carbonyl (C=O) groups excluding carboxylic acids is 1. The van der Waals surface area contributed by atoms with Crippen molar-refractivity contribution in [3.05, 3.63) is 0 Å². The molecular weight excluding hydrogens is 208 g/mol. The SMILES string of the molecule is C#CC[C@H](N)C(=O)Nc1nn[nH]n1.Cl. The van der Waals surface area contributed by atoms with Gasteiger partial charge in [-0.15, -0.1) is 29.8 Å². The highest BCUT2D eigenvalue weighted by atomic mass is 35.5. The quantitative estimate of drug-likeness (QED) is 0.557. The Labute approximate surface area is 86.2 Å². The highest BCUT2D eigenvalue weighted by Crippen LogP contribution is 1.94. The number of nitrogens with zero attached hydrogens (tertiary/aromatic N) is 3. The molecule has 1 amide bonds. The molecule has 14 heavy (non-hydrogen) atoms. The molecule has 0 saturated carbocycles. The van der Waals surface area contributed by atoms with Gasteiger partial charge < -0.3 is 5.73 Å². The lowest BCUT2D eigenvalue weighted by Gasteiger charge is -2.05. The van der Waals surface area contributed by atoms with E-state index < -0.39 is 11.9 Å². The van der Waals surface area contributed by atoms with Gasteiger partial charge in [-0.3, -0.25) is 10.1 Å². The second-order valence-corrected chi connectivity index (χ2v) is 2.24. The maximum atomic E-state index is 11.1. The van der Waals surface area contributed by atoms with Crippen molar-refractivity contribution in [2.75, 3.05) is 5.32 Å². The summed E-state index contributed by atoms with van der Waals surface area (Å²) in [5.41, 5.74) is 5.40. The lowest BCUT2D eigenvalue weighted by atomic mass is 10.2. The van der Waals surface area contributed by atoms with Gasteiger partial charge in [0.05, 0.1) is 6.04 Å². The number of nitrogens with one attached hydrogen (secondary N) is 2. The van der Waals surface area contributed by atoms with Gasteiger partial charge in [0.1, 0.15) is 0 Å². The van der Waals surface area contributed by atoms with Crippen LogP contribution in [0.1, 0.15) is 6.42 Å². The molecule has 1 atom stereocenters. The maximum absolute atomic E-state index is 11.1. The number of rotatable bonds is 3. The number of H-pyrrole nitrogens is 1. The van der Waals surface area contributed by atoms with Crippen LogP contribution < -0.4 is 11.1 Å². The van der Waals surface area contributed by atoms with E-state index in [4.69, 9.17) is 12.2 Å². The third kappa shape index (κ3) is 3.38. The van der Waals surface area contributed by atoms with Gasteiger partial charge in [-0.1, -0.05) is 5.10 Å². The predicted molar refractivity (Wildman–Crippen MR) is 51.5 cm³/mol. The standard InChI is InChI=1S/C6H8N6O.ClH/c1-2-3-4(7)5(13)8-6-9-11-12-10-6;/h1,4H,3,7H2,(H2,8,9,10,11,12,13);1H/t4-;/m0./s1. The van der Waals surface area contributed by atoms with Gasteiger partial charge in [-0.25, -0.2) is 0 Å². The largest absolute Gasteiger partial charge is 0.319 e.